The highest BCUT2D eigenvalue weighted by Gasteiger charge is 2.19. The van der Waals surface area contributed by atoms with Crippen LogP contribution in [-0.2, 0) is 0 Å². The number of aryl methyl sites for hydroxylation is 1. The fourth-order valence-corrected chi connectivity index (χ4v) is 1.59. The van der Waals surface area contributed by atoms with Gasteiger partial charge in [-0.3, -0.25) is 0 Å². The molecule has 0 saturated carbocycles. The summed E-state index contributed by atoms with van der Waals surface area (Å²) in [6, 6.07) is 5.37. The number of nitrogens with one attached hydrogen (secondary N) is 1. The van der Waals surface area contributed by atoms with E-state index in [0.717, 1.165) is 17.8 Å². The van der Waals surface area contributed by atoms with Crippen LogP contribution in [0.4, 0.5) is 5.69 Å². The second-order valence-corrected chi connectivity index (χ2v) is 5.98. The first-order chi connectivity index (χ1) is 8.21. The Bertz CT molecular complexity index is 433. The topological polar surface area (TPSA) is 49.3 Å². The molecule has 0 aromatic heterocycles. The standard InChI is InChI=1S/C15H23NO2/c1-10-8-12(6-7-13(10)14(17)18)16-9-11(2)15(3,4)5/h6-8,11,16H,9H2,1-5H3,(H,17,18). The van der Waals surface area contributed by atoms with Crippen molar-refractivity contribution in [2.24, 2.45) is 11.3 Å². The molecule has 0 amide bonds. The predicted molar refractivity (Wildman–Crippen MR) is 75.2 cm³/mol. The number of anilines is 1. The number of rotatable bonds is 4. The number of aromatic carboxylic acids is 1. The van der Waals surface area contributed by atoms with Crippen molar-refractivity contribution in [2.45, 2.75) is 34.6 Å². The van der Waals surface area contributed by atoms with Crippen molar-refractivity contribution >= 4 is 11.7 Å². The van der Waals surface area contributed by atoms with E-state index in [2.05, 4.69) is 33.0 Å². The molecule has 0 heterocycles. The van der Waals surface area contributed by atoms with Gasteiger partial charge in [0.05, 0.1) is 5.56 Å². The van der Waals surface area contributed by atoms with Gasteiger partial charge in [0.15, 0.2) is 0 Å². The molecule has 3 heteroatoms. The highest BCUT2D eigenvalue weighted by Crippen LogP contribution is 2.25. The Kier molecular flexibility index (Phi) is 4.38. The lowest BCUT2D eigenvalue weighted by atomic mass is 9.82. The maximum absolute atomic E-state index is 10.9. The van der Waals surface area contributed by atoms with Gasteiger partial charge >= 0.3 is 5.97 Å². The molecule has 1 unspecified atom stereocenters. The van der Waals surface area contributed by atoms with Crippen LogP contribution < -0.4 is 5.32 Å². The molecule has 3 nitrogen and oxygen atoms in total. The Morgan fingerprint density at radius 2 is 2.00 bits per heavy atom. The van der Waals surface area contributed by atoms with Crippen molar-refractivity contribution in [1.82, 2.24) is 0 Å². The predicted octanol–water partition coefficient (Wildman–Crippen LogP) is 3.79. The molecule has 0 bridgehead atoms. The van der Waals surface area contributed by atoms with E-state index in [1.165, 1.54) is 0 Å². The van der Waals surface area contributed by atoms with Gasteiger partial charge in [0.25, 0.3) is 0 Å². The third-order valence-electron chi connectivity index (χ3n) is 3.55. The minimum atomic E-state index is -0.873. The molecule has 2 N–H and O–H groups in total. The second kappa shape index (κ2) is 5.42. The number of carboxylic acid groups (broad SMARTS) is 1. The maximum Gasteiger partial charge on any atom is 0.335 e. The third kappa shape index (κ3) is 3.76. The Morgan fingerprint density at radius 3 is 2.44 bits per heavy atom. The van der Waals surface area contributed by atoms with Crippen LogP contribution in [0.3, 0.4) is 0 Å². The van der Waals surface area contributed by atoms with Crippen LogP contribution in [-0.4, -0.2) is 17.6 Å². The van der Waals surface area contributed by atoms with Gasteiger partial charge in [0.1, 0.15) is 0 Å². The molecule has 0 aliphatic carbocycles. The number of carboxylic acids is 1. The van der Waals surface area contributed by atoms with Crippen LogP contribution in [0.25, 0.3) is 0 Å². The van der Waals surface area contributed by atoms with Crippen LogP contribution in [0, 0.1) is 18.3 Å². The summed E-state index contributed by atoms with van der Waals surface area (Å²) < 4.78 is 0. The second-order valence-electron chi connectivity index (χ2n) is 5.98. The minimum absolute atomic E-state index is 0.267. The average molecular weight is 249 g/mol. The highest BCUT2D eigenvalue weighted by molar-refractivity contribution is 5.89. The number of hydrogen-bond donors (Lipinski definition) is 2. The van der Waals surface area contributed by atoms with Gasteiger partial charge in [-0.15, -0.1) is 0 Å². The van der Waals surface area contributed by atoms with Crippen LogP contribution in [0.1, 0.15) is 43.6 Å². The van der Waals surface area contributed by atoms with Crippen molar-refractivity contribution in [1.29, 1.82) is 0 Å². The Labute approximate surface area is 109 Å². The van der Waals surface area contributed by atoms with Crippen molar-refractivity contribution in [3.8, 4) is 0 Å². The Balaban J connectivity index is 2.70. The normalized spacial score (nSPS) is 13.2. The zero-order chi connectivity index (χ0) is 13.9. The lowest BCUT2D eigenvalue weighted by Gasteiger charge is -2.27. The first kappa shape index (κ1) is 14.6. The smallest absolute Gasteiger partial charge is 0.335 e. The molecular formula is C15H23NO2. The van der Waals surface area contributed by atoms with E-state index in [9.17, 15) is 4.79 Å². The Hall–Kier alpha value is -1.51. The first-order valence-corrected chi connectivity index (χ1v) is 6.29. The average Bonchev–Trinajstić information content (AvgIpc) is 2.24. The highest BCUT2D eigenvalue weighted by atomic mass is 16.4. The van der Waals surface area contributed by atoms with Gasteiger partial charge < -0.3 is 10.4 Å². The zero-order valence-electron chi connectivity index (χ0n) is 11.9. The summed E-state index contributed by atoms with van der Waals surface area (Å²) >= 11 is 0. The fraction of sp³-hybridized carbons (Fsp3) is 0.533. The van der Waals surface area contributed by atoms with E-state index < -0.39 is 5.97 Å². The quantitative estimate of drug-likeness (QED) is 0.853. The third-order valence-corrected chi connectivity index (χ3v) is 3.55. The molecule has 0 radical (unpaired) electrons. The van der Waals surface area contributed by atoms with Crippen LogP contribution in [0.2, 0.25) is 0 Å². The van der Waals surface area contributed by atoms with Gasteiger partial charge in [0, 0.05) is 12.2 Å². The van der Waals surface area contributed by atoms with Crippen molar-refractivity contribution < 1.29 is 9.90 Å². The molecule has 1 aromatic rings. The number of benzene rings is 1. The summed E-state index contributed by atoms with van der Waals surface area (Å²) in [6.07, 6.45) is 0. The van der Waals surface area contributed by atoms with E-state index in [0.29, 0.717) is 11.5 Å². The summed E-state index contributed by atoms with van der Waals surface area (Å²) in [6.45, 7) is 11.6. The lowest BCUT2D eigenvalue weighted by Crippen LogP contribution is -2.24. The van der Waals surface area contributed by atoms with E-state index in [1.54, 1.807) is 6.07 Å². The molecule has 0 aliphatic rings. The molecule has 100 valence electrons. The van der Waals surface area contributed by atoms with Crippen LogP contribution in [0.5, 0.6) is 0 Å². The summed E-state index contributed by atoms with van der Waals surface area (Å²) in [5.74, 6) is -0.334. The van der Waals surface area contributed by atoms with Gasteiger partial charge in [-0.2, -0.15) is 0 Å². The van der Waals surface area contributed by atoms with Crippen LogP contribution in [0.15, 0.2) is 18.2 Å². The summed E-state index contributed by atoms with van der Waals surface area (Å²) in [5, 5.41) is 12.3. The van der Waals surface area contributed by atoms with E-state index in [-0.39, 0.29) is 5.41 Å². The Morgan fingerprint density at radius 1 is 1.39 bits per heavy atom. The van der Waals surface area contributed by atoms with Crippen molar-refractivity contribution in [3.05, 3.63) is 29.3 Å². The van der Waals surface area contributed by atoms with Gasteiger partial charge in [0.2, 0.25) is 0 Å². The van der Waals surface area contributed by atoms with Gasteiger partial charge in [-0.25, -0.2) is 4.79 Å². The van der Waals surface area contributed by atoms with Crippen molar-refractivity contribution in [2.75, 3.05) is 11.9 Å². The molecule has 0 saturated heterocycles. The number of hydrogen-bond acceptors (Lipinski definition) is 2. The first-order valence-electron chi connectivity index (χ1n) is 6.29. The summed E-state index contributed by atoms with van der Waals surface area (Å²) in [5.41, 5.74) is 2.40. The zero-order valence-corrected chi connectivity index (χ0v) is 11.9. The molecule has 1 rings (SSSR count). The number of carbonyl (C=O) groups is 1. The summed E-state index contributed by atoms with van der Waals surface area (Å²) in [4.78, 5) is 10.9. The van der Waals surface area contributed by atoms with Gasteiger partial charge in [-0.1, -0.05) is 27.7 Å². The largest absolute Gasteiger partial charge is 0.478 e. The van der Waals surface area contributed by atoms with E-state index in [1.807, 2.05) is 19.1 Å². The van der Waals surface area contributed by atoms with Crippen LogP contribution >= 0.6 is 0 Å². The molecule has 0 aliphatic heterocycles. The summed E-state index contributed by atoms with van der Waals surface area (Å²) in [7, 11) is 0. The van der Waals surface area contributed by atoms with E-state index >= 15 is 0 Å². The van der Waals surface area contributed by atoms with E-state index in [4.69, 9.17) is 5.11 Å². The molecule has 0 fully saturated rings. The molecule has 1 atom stereocenters. The SMILES string of the molecule is Cc1cc(NCC(C)C(C)(C)C)ccc1C(=O)O. The molecule has 1 aromatic carbocycles. The van der Waals surface area contributed by atoms with Gasteiger partial charge in [-0.05, 0) is 42.0 Å². The monoisotopic (exact) mass is 249 g/mol. The molecular weight excluding hydrogens is 226 g/mol. The van der Waals surface area contributed by atoms with Crippen molar-refractivity contribution in [3.63, 3.8) is 0 Å². The minimum Gasteiger partial charge on any atom is -0.478 e. The molecule has 18 heavy (non-hydrogen) atoms. The maximum atomic E-state index is 10.9. The lowest BCUT2D eigenvalue weighted by molar-refractivity contribution is 0.0696. The molecule has 0 spiro atoms. The fourth-order valence-electron chi connectivity index (χ4n) is 1.59.